The van der Waals surface area contributed by atoms with E-state index < -0.39 is 24.6 Å². The molecule has 222 valence electrons. The molecule has 1 amide bonds. The molecule has 4 rings (SSSR count). The number of aliphatic hydroxyl groups is 2. The first-order valence-corrected chi connectivity index (χ1v) is 14.8. The maximum atomic E-state index is 14.0. The zero-order valence-electron chi connectivity index (χ0n) is 24.8. The molecular weight excluding hydrogens is 580 g/mol. The topological polar surface area (TPSA) is 128 Å². The van der Waals surface area contributed by atoms with Gasteiger partial charge in [-0.2, -0.15) is 0 Å². The second-order valence-corrected chi connectivity index (χ2v) is 11.5. The van der Waals surface area contributed by atoms with Gasteiger partial charge < -0.3 is 30.0 Å². The van der Waals surface area contributed by atoms with Crippen LogP contribution in [0.2, 0.25) is 0 Å². The number of nitrogens with zero attached hydrogens (tertiary/aromatic N) is 2. The fourth-order valence-electron chi connectivity index (χ4n) is 5.22. The van der Waals surface area contributed by atoms with Crippen molar-refractivity contribution in [3.63, 3.8) is 0 Å². The smallest absolute Gasteiger partial charge is 0.550 e. The summed E-state index contributed by atoms with van der Waals surface area (Å²) in [7, 11) is 0. The van der Waals surface area contributed by atoms with Gasteiger partial charge >= 0.3 is 29.6 Å². The second kappa shape index (κ2) is 15.7. The molecule has 0 aliphatic heterocycles. The Balaban J connectivity index is 0.00000506. The molecule has 11 heteroatoms. The van der Waals surface area contributed by atoms with Crippen molar-refractivity contribution in [1.82, 2.24) is 14.9 Å². The van der Waals surface area contributed by atoms with Gasteiger partial charge in [-0.15, -0.1) is 11.3 Å². The number of aromatic nitrogens is 2. The van der Waals surface area contributed by atoms with Crippen molar-refractivity contribution in [2.45, 2.75) is 71.2 Å². The second-order valence-electron chi connectivity index (χ2n) is 10.6. The van der Waals surface area contributed by atoms with Gasteiger partial charge in [-0.25, -0.2) is 9.37 Å². The van der Waals surface area contributed by atoms with Crippen molar-refractivity contribution in [1.29, 1.82) is 0 Å². The Morgan fingerprint density at radius 3 is 2.26 bits per heavy atom. The predicted molar refractivity (Wildman–Crippen MR) is 158 cm³/mol. The van der Waals surface area contributed by atoms with Crippen molar-refractivity contribution in [2.24, 2.45) is 0 Å². The number of thiazole rings is 1. The summed E-state index contributed by atoms with van der Waals surface area (Å²) in [6.07, 6.45) is -2.43. The number of carbonyl (C=O) groups excluding carboxylic acids is 2. The first kappa shape index (κ1) is 34.6. The van der Waals surface area contributed by atoms with Crippen molar-refractivity contribution >= 4 is 23.2 Å². The van der Waals surface area contributed by atoms with Crippen molar-refractivity contribution < 1.29 is 58.9 Å². The third-order valence-electron chi connectivity index (χ3n) is 6.96. The number of carbonyl (C=O) groups is 2. The van der Waals surface area contributed by atoms with Gasteiger partial charge in [-0.3, -0.25) is 4.79 Å². The molecule has 2 aromatic heterocycles. The van der Waals surface area contributed by atoms with Crippen LogP contribution in [0.3, 0.4) is 0 Å². The number of halogens is 1. The average molecular weight is 616 g/mol. The Labute approximate surface area is 276 Å². The number of amides is 1. The van der Waals surface area contributed by atoms with Gasteiger partial charge in [-0.1, -0.05) is 42.5 Å². The molecule has 3 N–H and O–H groups in total. The number of hydrogen-bond acceptors (Lipinski definition) is 7. The molecule has 8 nitrogen and oxygen atoms in total. The monoisotopic (exact) mass is 615 g/mol. The standard InChI is InChI=1S/C32H36FN3O5S.Na/c1-19(2)36-26(14-13-24(37)15-25(38)16-28(39)40)29(22-9-11-23(33)12-10-22)30(21-7-5-4-6-8-21)31(36)32(41)34-17-27-35-20(3)18-42-27;/h4-12,18-19,24-25,37-38H,13-17H2,1-3H3,(H,34,41)(H,39,40);/q;+1/p-1/t24-,25-;/m1./s1. The molecular formula is C32H35FN3NaO5S. The molecule has 2 atom stereocenters. The largest absolute Gasteiger partial charge is 1.00 e. The van der Waals surface area contributed by atoms with Gasteiger partial charge in [0.05, 0.1) is 18.8 Å². The van der Waals surface area contributed by atoms with Crippen LogP contribution in [0.25, 0.3) is 22.3 Å². The van der Waals surface area contributed by atoms with Gasteiger partial charge in [0.15, 0.2) is 0 Å². The number of aryl methyl sites for hydroxylation is 1. The normalized spacial score (nSPS) is 12.5. The van der Waals surface area contributed by atoms with Crippen molar-refractivity contribution in [3.8, 4) is 22.3 Å². The average Bonchev–Trinajstić information content (AvgIpc) is 3.52. The van der Waals surface area contributed by atoms with Crippen LogP contribution in [0.15, 0.2) is 60.0 Å². The SMILES string of the molecule is Cc1csc(CNC(=O)c2c(-c3ccccc3)c(-c3ccc(F)cc3)c(CC[C@@H](O)C[C@@H](O)CC(=O)[O-])n2C(C)C)n1.[Na+]. The Morgan fingerprint density at radius 2 is 1.67 bits per heavy atom. The summed E-state index contributed by atoms with van der Waals surface area (Å²) >= 11 is 1.47. The molecule has 0 aliphatic carbocycles. The van der Waals surface area contributed by atoms with Crippen molar-refractivity contribution in [2.75, 3.05) is 0 Å². The third-order valence-corrected chi connectivity index (χ3v) is 7.93. The maximum absolute atomic E-state index is 14.0. The van der Waals surface area contributed by atoms with E-state index in [-0.39, 0.29) is 66.7 Å². The van der Waals surface area contributed by atoms with Crippen LogP contribution in [0.5, 0.6) is 0 Å². The van der Waals surface area contributed by atoms with Crippen LogP contribution in [0.1, 0.15) is 66.0 Å². The van der Waals surface area contributed by atoms with E-state index in [0.29, 0.717) is 23.2 Å². The minimum atomic E-state index is -1.39. The predicted octanol–water partition coefficient (Wildman–Crippen LogP) is 1.43. The number of hydrogen-bond donors (Lipinski definition) is 3. The molecule has 0 aliphatic rings. The molecule has 0 radical (unpaired) electrons. The Kier molecular flexibility index (Phi) is 12.7. The number of benzene rings is 2. The summed E-state index contributed by atoms with van der Waals surface area (Å²) in [6.45, 7) is 6.08. The first-order valence-electron chi connectivity index (χ1n) is 13.9. The number of carboxylic acid groups (broad SMARTS) is 1. The number of carboxylic acids is 1. The summed E-state index contributed by atoms with van der Waals surface area (Å²) in [5.41, 5.74) is 5.02. The molecule has 0 spiro atoms. The van der Waals surface area contributed by atoms with Gasteiger partial charge in [0.1, 0.15) is 16.5 Å². The molecule has 2 aromatic carbocycles. The molecule has 0 fully saturated rings. The zero-order chi connectivity index (χ0) is 30.4. The van der Waals surface area contributed by atoms with Gasteiger partial charge in [-0.05, 0) is 63.3 Å². The van der Waals surface area contributed by atoms with E-state index in [0.717, 1.165) is 27.5 Å². The molecule has 0 unspecified atom stereocenters. The van der Waals surface area contributed by atoms with Crippen LogP contribution in [0.4, 0.5) is 4.39 Å². The quantitative estimate of drug-likeness (QED) is 0.195. The van der Waals surface area contributed by atoms with E-state index in [4.69, 9.17) is 0 Å². The summed E-state index contributed by atoms with van der Waals surface area (Å²) in [5, 5.41) is 37.4. The number of aliphatic hydroxyl groups excluding tert-OH is 2. The van der Waals surface area contributed by atoms with Gasteiger partial charge in [0.2, 0.25) is 0 Å². The van der Waals surface area contributed by atoms with Crippen LogP contribution in [-0.4, -0.2) is 43.8 Å². The summed E-state index contributed by atoms with van der Waals surface area (Å²) in [6, 6.07) is 15.4. The summed E-state index contributed by atoms with van der Waals surface area (Å²) in [4.78, 5) is 29.4. The minimum Gasteiger partial charge on any atom is -0.550 e. The molecule has 4 aromatic rings. The van der Waals surface area contributed by atoms with E-state index in [1.165, 1.54) is 23.5 Å². The molecule has 0 saturated heterocycles. The Bertz CT molecular complexity index is 1520. The molecule has 43 heavy (non-hydrogen) atoms. The van der Waals surface area contributed by atoms with E-state index in [1.54, 1.807) is 12.1 Å². The van der Waals surface area contributed by atoms with Crippen LogP contribution < -0.4 is 40.0 Å². The number of rotatable bonds is 13. The third kappa shape index (κ3) is 8.84. The maximum Gasteiger partial charge on any atom is 1.00 e. The fourth-order valence-corrected chi connectivity index (χ4v) is 5.94. The van der Waals surface area contributed by atoms with Crippen molar-refractivity contribution in [3.05, 3.63) is 87.9 Å². The minimum absolute atomic E-state index is 0. The van der Waals surface area contributed by atoms with E-state index in [2.05, 4.69) is 10.3 Å². The van der Waals surface area contributed by atoms with Crippen LogP contribution in [-0.2, 0) is 17.8 Å². The number of aliphatic carboxylic acids is 1. The van der Waals surface area contributed by atoms with Crippen LogP contribution >= 0.6 is 11.3 Å². The Morgan fingerprint density at radius 1 is 1.02 bits per heavy atom. The summed E-state index contributed by atoms with van der Waals surface area (Å²) in [5.74, 6) is -2.08. The van der Waals surface area contributed by atoms with Crippen LogP contribution in [0, 0.1) is 12.7 Å². The van der Waals surface area contributed by atoms with E-state index in [9.17, 15) is 29.3 Å². The fraction of sp³-hybridized carbons (Fsp3) is 0.344. The molecule has 2 heterocycles. The first-order chi connectivity index (χ1) is 20.0. The molecule has 0 saturated carbocycles. The summed E-state index contributed by atoms with van der Waals surface area (Å²) < 4.78 is 16.0. The van der Waals surface area contributed by atoms with E-state index >= 15 is 0 Å². The molecule has 0 bridgehead atoms. The van der Waals surface area contributed by atoms with E-state index in [1.807, 2.05) is 61.1 Å². The van der Waals surface area contributed by atoms with Gasteiger partial charge in [0, 0.05) is 46.3 Å². The number of nitrogens with one attached hydrogen (secondary N) is 1. The Hall–Kier alpha value is -2.86. The van der Waals surface area contributed by atoms with Gasteiger partial charge in [0.25, 0.3) is 5.91 Å². The zero-order valence-corrected chi connectivity index (χ0v) is 27.7.